The summed E-state index contributed by atoms with van der Waals surface area (Å²) < 4.78 is 44.5. The average Bonchev–Trinajstić information content (AvgIpc) is 3.36. The van der Waals surface area contributed by atoms with Gasteiger partial charge in [-0.25, -0.2) is 13.2 Å². The zero-order valence-electron chi connectivity index (χ0n) is 25.5. The number of aliphatic carboxylic acids is 1. The number of nitrogens with one attached hydrogen (secondary N) is 1. The van der Waals surface area contributed by atoms with E-state index >= 15 is 0 Å². The second-order valence-electron chi connectivity index (χ2n) is 12.2. The van der Waals surface area contributed by atoms with E-state index in [0.29, 0.717) is 17.8 Å². The van der Waals surface area contributed by atoms with Crippen LogP contribution in [-0.4, -0.2) is 58.2 Å². The molecule has 238 valence electrons. The highest BCUT2D eigenvalue weighted by Crippen LogP contribution is 2.41. The summed E-state index contributed by atoms with van der Waals surface area (Å²) in [5.41, 5.74) is 7.28. The minimum absolute atomic E-state index is 0.0482. The number of carbonyl (C=O) groups is 3. The fourth-order valence-electron chi connectivity index (χ4n) is 5.18. The standard InChI is InChI=1S/C33H41F3N4O4/c1-21(14-30(42)43)32(44)38-18-29(41)40(13-12-25(37)17-34)31(33(2,3)4)28-15-23(26-16-24(35)10-11-27(26)36)20-39(28)19-22-8-6-5-7-9-22/h5-11,15-16,20-21,25,31H,12-14,17-19,37H2,1-4H3,(H,38,44)(H,42,43)/t21?,25?,31-/m0/s1. The van der Waals surface area contributed by atoms with Crippen molar-refractivity contribution in [3.63, 3.8) is 0 Å². The second kappa shape index (κ2) is 15.1. The van der Waals surface area contributed by atoms with Crippen molar-refractivity contribution in [1.29, 1.82) is 0 Å². The van der Waals surface area contributed by atoms with Crippen molar-refractivity contribution in [2.24, 2.45) is 17.1 Å². The van der Waals surface area contributed by atoms with Crippen LogP contribution in [0.25, 0.3) is 11.1 Å². The Hall–Kier alpha value is -4.12. The van der Waals surface area contributed by atoms with Crippen molar-refractivity contribution in [1.82, 2.24) is 14.8 Å². The van der Waals surface area contributed by atoms with E-state index in [1.54, 1.807) is 12.3 Å². The molecule has 2 aromatic carbocycles. The SMILES string of the molecule is CC(CC(=O)O)C(=O)NCC(=O)N(CCC(N)CF)[C@@H](c1cc(-c2cc(F)ccc2F)cn1Cc1ccccc1)C(C)(C)C. The lowest BCUT2D eigenvalue weighted by Crippen LogP contribution is -2.48. The van der Waals surface area contributed by atoms with Crippen molar-refractivity contribution in [2.45, 2.75) is 59.2 Å². The predicted octanol–water partition coefficient (Wildman–Crippen LogP) is 5.31. The van der Waals surface area contributed by atoms with Crippen molar-refractivity contribution in [2.75, 3.05) is 19.8 Å². The molecule has 2 amide bonds. The zero-order valence-corrected chi connectivity index (χ0v) is 25.5. The first-order chi connectivity index (χ1) is 20.7. The molecule has 3 atom stereocenters. The highest BCUT2D eigenvalue weighted by atomic mass is 19.1. The van der Waals surface area contributed by atoms with E-state index in [1.807, 2.05) is 55.7 Å². The Morgan fingerprint density at radius 3 is 2.36 bits per heavy atom. The maximum Gasteiger partial charge on any atom is 0.304 e. The monoisotopic (exact) mass is 614 g/mol. The van der Waals surface area contributed by atoms with E-state index in [9.17, 15) is 27.6 Å². The molecule has 0 spiro atoms. The fraction of sp³-hybridized carbons (Fsp3) is 0.424. The number of rotatable bonds is 14. The summed E-state index contributed by atoms with van der Waals surface area (Å²) in [4.78, 5) is 39.0. The number of nitrogens with two attached hydrogens (primary N) is 1. The Bertz CT molecular complexity index is 1440. The lowest BCUT2D eigenvalue weighted by molar-refractivity contribution is -0.141. The van der Waals surface area contributed by atoms with Crippen LogP contribution in [0.15, 0.2) is 60.8 Å². The molecule has 1 aromatic heterocycles. The van der Waals surface area contributed by atoms with Crippen LogP contribution in [0.3, 0.4) is 0 Å². The largest absolute Gasteiger partial charge is 0.481 e. The first-order valence-electron chi connectivity index (χ1n) is 14.5. The third-order valence-corrected chi connectivity index (χ3v) is 7.38. The Kier molecular flexibility index (Phi) is 11.8. The molecule has 44 heavy (non-hydrogen) atoms. The van der Waals surface area contributed by atoms with Gasteiger partial charge in [0, 0.05) is 48.1 Å². The molecule has 0 aliphatic carbocycles. The van der Waals surface area contributed by atoms with Gasteiger partial charge in [0.15, 0.2) is 0 Å². The molecule has 0 saturated heterocycles. The van der Waals surface area contributed by atoms with Crippen LogP contribution in [0.1, 0.15) is 57.8 Å². The van der Waals surface area contributed by atoms with Crippen molar-refractivity contribution in [3.05, 3.63) is 83.7 Å². The number of nitrogens with zero attached hydrogens (tertiary/aromatic N) is 2. The molecule has 3 aromatic rings. The van der Waals surface area contributed by atoms with Crippen LogP contribution in [0.4, 0.5) is 13.2 Å². The van der Waals surface area contributed by atoms with Gasteiger partial charge < -0.3 is 25.6 Å². The topological polar surface area (TPSA) is 118 Å². The molecular formula is C33H41F3N4O4. The van der Waals surface area contributed by atoms with Crippen molar-refractivity contribution in [3.8, 4) is 11.1 Å². The van der Waals surface area contributed by atoms with E-state index in [1.165, 1.54) is 11.8 Å². The van der Waals surface area contributed by atoms with Crippen molar-refractivity contribution < 1.29 is 32.7 Å². The van der Waals surface area contributed by atoms with Gasteiger partial charge >= 0.3 is 5.97 Å². The molecule has 2 unspecified atom stereocenters. The first-order valence-corrected chi connectivity index (χ1v) is 14.5. The molecule has 0 fully saturated rings. The van der Waals surface area contributed by atoms with Gasteiger partial charge in [-0.3, -0.25) is 14.4 Å². The van der Waals surface area contributed by atoms with Crippen molar-refractivity contribution >= 4 is 17.8 Å². The quantitative estimate of drug-likeness (QED) is 0.228. The molecule has 3 rings (SSSR count). The average molecular weight is 615 g/mol. The van der Waals surface area contributed by atoms with E-state index in [4.69, 9.17) is 10.8 Å². The van der Waals surface area contributed by atoms with Gasteiger partial charge in [0.05, 0.1) is 19.0 Å². The number of hydrogen-bond acceptors (Lipinski definition) is 4. The van der Waals surface area contributed by atoms with Crippen LogP contribution >= 0.6 is 0 Å². The molecule has 0 radical (unpaired) electrons. The van der Waals surface area contributed by atoms with Crippen LogP contribution in [-0.2, 0) is 20.9 Å². The maximum atomic E-state index is 14.9. The van der Waals surface area contributed by atoms with E-state index in [2.05, 4.69) is 5.32 Å². The number of amides is 2. The second-order valence-corrected chi connectivity index (χ2v) is 12.2. The molecule has 0 aliphatic rings. The van der Waals surface area contributed by atoms with Gasteiger partial charge in [-0.05, 0) is 41.7 Å². The third-order valence-electron chi connectivity index (χ3n) is 7.38. The number of carboxylic acids is 1. The maximum absolute atomic E-state index is 14.9. The summed E-state index contributed by atoms with van der Waals surface area (Å²) in [5, 5.41) is 11.6. The van der Waals surface area contributed by atoms with Crippen LogP contribution in [0.2, 0.25) is 0 Å². The van der Waals surface area contributed by atoms with Gasteiger partial charge in [0.25, 0.3) is 0 Å². The van der Waals surface area contributed by atoms with E-state index in [-0.39, 0.29) is 18.5 Å². The number of carboxylic acid groups (broad SMARTS) is 1. The summed E-state index contributed by atoms with van der Waals surface area (Å²) in [6, 6.07) is 12.9. The number of carbonyl (C=O) groups excluding carboxylic acids is 2. The molecule has 0 bridgehead atoms. The smallest absolute Gasteiger partial charge is 0.304 e. The van der Waals surface area contributed by atoms with Gasteiger partial charge in [-0.15, -0.1) is 0 Å². The van der Waals surface area contributed by atoms with Crippen LogP contribution in [0, 0.1) is 23.0 Å². The van der Waals surface area contributed by atoms with Crippen LogP contribution < -0.4 is 11.1 Å². The summed E-state index contributed by atoms with van der Waals surface area (Å²) in [6.45, 7) is 6.40. The van der Waals surface area contributed by atoms with Gasteiger partial charge in [-0.1, -0.05) is 58.0 Å². The number of halogens is 3. The summed E-state index contributed by atoms with van der Waals surface area (Å²) >= 11 is 0. The number of benzene rings is 2. The minimum atomic E-state index is -1.14. The van der Waals surface area contributed by atoms with E-state index < -0.39 is 72.5 Å². The van der Waals surface area contributed by atoms with Gasteiger partial charge in [0.1, 0.15) is 18.3 Å². The highest BCUT2D eigenvalue weighted by molar-refractivity contribution is 5.87. The molecule has 0 aliphatic heterocycles. The fourth-order valence-corrected chi connectivity index (χ4v) is 5.18. The molecular weight excluding hydrogens is 573 g/mol. The summed E-state index contributed by atoms with van der Waals surface area (Å²) in [6.07, 6.45) is 1.44. The van der Waals surface area contributed by atoms with Gasteiger partial charge in [0.2, 0.25) is 11.8 Å². The van der Waals surface area contributed by atoms with Gasteiger partial charge in [-0.2, -0.15) is 0 Å². The Balaban J connectivity index is 2.11. The normalized spacial score (nSPS) is 13.6. The Morgan fingerprint density at radius 2 is 1.75 bits per heavy atom. The summed E-state index contributed by atoms with van der Waals surface area (Å²) in [7, 11) is 0. The summed E-state index contributed by atoms with van der Waals surface area (Å²) in [5.74, 6) is -4.29. The number of hydrogen-bond donors (Lipinski definition) is 3. The molecule has 0 saturated carbocycles. The van der Waals surface area contributed by atoms with E-state index in [0.717, 1.165) is 23.8 Å². The Morgan fingerprint density at radius 1 is 1.07 bits per heavy atom. The molecule has 1 heterocycles. The predicted molar refractivity (Wildman–Crippen MR) is 162 cm³/mol. The Labute approximate surface area is 256 Å². The number of alkyl halides is 1. The lowest BCUT2D eigenvalue weighted by atomic mass is 9.82. The third kappa shape index (κ3) is 9.19. The number of aromatic nitrogens is 1. The first kappa shape index (κ1) is 34.4. The molecule has 11 heteroatoms. The lowest BCUT2D eigenvalue weighted by Gasteiger charge is -2.41. The van der Waals surface area contributed by atoms with Crippen LogP contribution in [0.5, 0.6) is 0 Å². The zero-order chi connectivity index (χ0) is 32.6. The highest BCUT2D eigenvalue weighted by Gasteiger charge is 2.37. The molecule has 8 nitrogen and oxygen atoms in total. The minimum Gasteiger partial charge on any atom is -0.481 e. The molecule has 4 N–H and O–H groups in total.